The van der Waals surface area contributed by atoms with Gasteiger partial charge in [0.2, 0.25) is 5.91 Å². The van der Waals surface area contributed by atoms with Crippen molar-refractivity contribution in [2.45, 2.75) is 31.7 Å². The van der Waals surface area contributed by atoms with Crippen molar-refractivity contribution in [3.05, 3.63) is 48.0 Å². The summed E-state index contributed by atoms with van der Waals surface area (Å²) in [5.74, 6) is 1.94. The number of anilines is 1. The molecular weight excluding hydrogens is 368 g/mol. The van der Waals surface area contributed by atoms with Crippen molar-refractivity contribution in [1.29, 1.82) is 0 Å². The van der Waals surface area contributed by atoms with Gasteiger partial charge in [0.15, 0.2) is 5.82 Å². The number of nitrogens with one attached hydrogen (secondary N) is 3. The number of aromatic nitrogens is 2. The first-order chi connectivity index (χ1) is 14.2. The first kappa shape index (κ1) is 19.3. The Kier molecular flexibility index (Phi) is 5.95. The smallest absolute Gasteiger partial charge is 0.230 e. The minimum atomic E-state index is -0.123. The maximum absolute atomic E-state index is 12.4. The molecule has 0 radical (unpaired) electrons. The van der Waals surface area contributed by atoms with Crippen molar-refractivity contribution in [1.82, 2.24) is 15.5 Å². The molecule has 7 heteroatoms. The van der Waals surface area contributed by atoms with Crippen molar-refractivity contribution in [2.24, 2.45) is 0 Å². The van der Waals surface area contributed by atoms with Crippen LogP contribution in [0.15, 0.2) is 42.5 Å². The van der Waals surface area contributed by atoms with Gasteiger partial charge in [0, 0.05) is 11.4 Å². The standard InChI is InChI=1S/C22H26N4O3/c1-28-17-6-4-15(5-7-17)13-21(27)24-22-19-14-18(8-9-20(19)25-26-22)29-12-10-16-3-2-11-23-16/h4-9,14,16,23H,2-3,10-13H2,1H3,(H2,24,25,26,27). The summed E-state index contributed by atoms with van der Waals surface area (Å²) < 4.78 is 11.1. The van der Waals surface area contributed by atoms with Crippen LogP contribution in [0.1, 0.15) is 24.8 Å². The highest BCUT2D eigenvalue weighted by Crippen LogP contribution is 2.26. The zero-order valence-electron chi connectivity index (χ0n) is 16.5. The summed E-state index contributed by atoms with van der Waals surface area (Å²) in [4.78, 5) is 12.4. The van der Waals surface area contributed by atoms with Gasteiger partial charge >= 0.3 is 0 Å². The lowest BCUT2D eigenvalue weighted by atomic mass is 10.1. The second-order valence-corrected chi connectivity index (χ2v) is 7.28. The van der Waals surface area contributed by atoms with E-state index in [-0.39, 0.29) is 12.3 Å². The van der Waals surface area contributed by atoms with E-state index in [9.17, 15) is 4.79 Å². The molecule has 0 saturated carbocycles. The summed E-state index contributed by atoms with van der Waals surface area (Å²) >= 11 is 0. The maximum atomic E-state index is 12.4. The molecule has 1 atom stereocenters. The van der Waals surface area contributed by atoms with Gasteiger partial charge in [0.1, 0.15) is 11.5 Å². The van der Waals surface area contributed by atoms with Crippen molar-refractivity contribution in [3.8, 4) is 11.5 Å². The number of fused-ring (bicyclic) bond motifs is 1. The molecule has 152 valence electrons. The number of hydrogen-bond donors (Lipinski definition) is 3. The highest BCUT2D eigenvalue weighted by Gasteiger charge is 2.14. The number of H-pyrrole nitrogens is 1. The zero-order valence-corrected chi connectivity index (χ0v) is 16.5. The molecule has 29 heavy (non-hydrogen) atoms. The Bertz CT molecular complexity index is 962. The van der Waals surface area contributed by atoms with Crippen LogP contribution in [-0.2, 0) is 11.2 Å². The van der Waals surface area contributed by atoms with Crippen molar-refractivity contribution < 1.29 is 14.3 Å². The molecule has 0 bridgehead atoms. The first-order valence-electron chi connectivity index (χ1n) is 9.98. The Hall–Kier alpha value is -3.06. The first-order valence-corrected chi connectivity index (χ1v) is 9.98. The number of carbonyl (C=O) groups is 1. The fourth-order valence-electron chi connectivity index (χ4n) is 3.61. The molecule has 4 rings (SSSR count). The van der Waals surface area contributed by atoms with Gasteiger partial charge in [0.05, 0.1) is 25.7 Å². The topological polar surface area (TPSA) is 88.3 Å². The van der Waals surface area contributed by atoms with Gasteiger partial charge in [-0.1, -0.05) is 12.1 Å². The van der Waals surface area contributed by atoms with Crippen molar-refractivity contribution in [2.75, 3.05) is 25.6 Å². The van der Waals surface area contributed by atoms with Crippen LogP contribution in [0.2, 0.25) is 0 Å². The van der Waals surface area contributed by atoms with E-state index < -0.39 is 0 Å². The van der Waals surface area contributed by atoms with E-state index in [2.05, 4.69) is 20.8 Å². The molecule has 3 aromatic rings. The Balaban J connectivity index is 1.37. The summed E-state index contributed by atoms with van der Waals surface area (Å²) in [7, 11) is 1.62. The number of benzene rings is 2. The normalized spacial score (nSPS) is 16.1. The van der Waals surface area contributed by atoms with Crippen LogP contribution in [-0.4, -0.2) is 42.4 Å². The van der Waals surface area contributed by atoms with Gasteiger partial charge in [-0.25, -0.2) is 0 Å². The van der Waals surface area contributed by atoms with Crippen LogP contribution >= 0.6 is 0 Å². The average molecular weight is 394 g/mol. The molecule has 2 aromatic carbocycles. The van der Waals surface area contributed by atoms with Gasteiger partial charge in [-0.15, -0.1) is 0 Å². The number of methoxy groups -OCH3 is 1. The number of aromatic amines is 1. The Morgan fingerprint density at radius 1 is 1.21 bits per heavy atom. The van der Waals surface area contributed by atoms with Gasteiger partial charge in [-0.05, 0) is 61.7 Å². The van der Waals surface area contributed by atoms with Crippen LogP contribution in [0.25, 0.3) is 10.9 Å². The van der Waals surface area contributed by atoms with Crippen LogP contribution in [0.4, 0.5) is 5.82 Å². The molecule has 2 heterocycles. The third kappa shape index (κ3) is 4.86. The zero-order chi connectivity index (χ0) is 20.1. The van der Waals surface area contributed by atoms with E-state index >= 15 is 0 Å². The van der Waals surface area contributed by atoms with E-state index in [0.29, 0.717) is 18.5 Å². The molecule has 0 spiro atoms. The summed E-state index contributed by atoms with van der Waals surface area (Å²) in [5, 5.41) is 14.4. The Morgan fingerprint density at radius 2 is 2.03 bits per heavy atom. The Labute approximate surface area is 169 Å². The van der Waals surface area contributed by atoms with E-state index in [0.717, 1.165) is 40.9 Å². The predicted octanol–water partition coefficient (Wildman–Crippen LogP) is 3.27. The van der Waals surface area contributed by atoms with E-state index in [1.54, 1.807) is 7.11 Å². The number of nitrogens with zero attached hydrogens (tertiary/aromatic N) is 1. The van der Waals surface area contributed by atoms with Gasteiger partial charge in [-0.2, -0.15) is 5.10 Å². The molecule has 1 amide bonds. The lowest BCUT2D eigenvalue weighted by Crippen LogP contribution is -2.23. The highest BCUT2D eigenvalue weighted by atomic mass is 16.5. The number of amides is 1. The molecule has 1 aliphatic heterocycles. The molecule has 1 aromatic heterocycles. The second-order valence-electron chi connectivity index (χ2n) is 7.28. The molecular formula is C22H26N4O3. The fraction of sp³-hybridized carbons (Fsp3) is 0.364. The average Bonchev–Trinajstić information content (AvgIpc) is 3.39. The van der Waals surface area contributed by atoms with Crippen LogP contribution in [0.3, 0.4) is 0 Å². The SMILES string of the molecule is COc1ccc(CC(=O)Nc2n[nH]c3ccc(OCCC4CCCN4)cc23)cc1. The number of hydrogen-bond acceptors (Lipinski definition) is 5. The number of ether oxygens (including phenoxy) is 2. The van der Waals surface area contributed by atoms with E-state index in [1.165, 1.54) is 12.8 Å². The molecule has 0 aliphatic carbocycles. The third-order valence-electron chi connectivity index (χ3n) is 5.21. The van der Waals surface area contributed by atoms with Crippen LogP contribution < -0.4 is 20.1 Å². The summed E-state index contributed by atoms with van der Waals surface area (Å²) in [5.41, 5.74) is 1.77. The molecule has 1 unspecified atom stereocenters. The quantitative estimate of drug-likeness (QED) is 0.546. The fourth-order valence-corrected chi connectivity index (χ4v) is 3.61. The maximum Gasteiger partial charge on any atom is 0.230 e. The van der Waals surface area contributed by atoms with Gasteiger partial charge in [-0.3, -0.25) is 9.89 Å². The van der Waals surface area contributed by atoms with E-state index in [4.69, 9.17) is 9.47 Å². The second kappa shape index (κ2) is 8.96. The van der Waals surface area contributed by atoms with E-state index in [1.807, 2.05) is 42.5 Å². The monoisotopic (exact) mass is 394 g/mol. The van der Waals surface area contributed by atoms with Crippen molar-refractivity contribution >= 4 is 22.6 Å². The minimum absolute atomic E-state index is 0.123. The summed E-state index contributed by atoms with van der Waals surface area (Å²) in [6.45, 7) is 1.77. The molecule has 3 N–H and O–H groups in total. The molecule has 1 saturated heterocycles. The summed E-state index contributed by atoms with van der Waals surface area (Å²) in [6.07, 6.45) is 3.72. The van der Waals surface area contributed by atoms with Crippen molar-refractivity contribution in [3.63, 3.8) is 0 Å². The third-order valence-corrected chi connectivity index (χ3v) is 5.21. The lowest BCUT2D eigenvalue weighted by Gasteiger charge is -2.11. The highest BCUT2D eigenvalue weighted by molar-refractivity contribution is 6.00. The largest absolute Gasteiger partial charge is 0.497 e. The van der Waals surface area contributed by atoms with Gasteiger partial charge < -0.3 is 20.1 Å². The Morgan fingerprint density at radius 3 is 2.79 bits per heavy atom. The molecule has 7 nitrogen and oxygen atoms in total. The molecule has 1 aliphatic rings. The predicted molar refractivity (Wildman–Crippen MR) is 113 cm³/mol. The number of rotatable bonds is 8. The van der Waals surface area contributed by atoms with Gasteiger partial charge in [0.25, 0.3) is 0 Å². The van der Waals surface area contributed by atoms with Crippen LogP contribution in [0.5, 0.6) is 11.5 Å². The molecule has 1 fully saturated rings. The minimum Gasteiger partial charge on any atom is -0.497 e. The number of carbonyl (C=O) groups excluding carboxylic acids is 1. The lowest BCUT2D eigenvalue weighted by molar-refractivity contribution is -0.115. The van der Waals surface area contributed by atoms with Crippen LogP contribution in [0, 0.1) is 0 Å². The summed E-state index contributed by atoms with van der Waals surface area (Å²) in [6, 6.07) is 13.8.